The lowest BCUT2D eigenvalue weighted by Gasteiger charge is -2.23. The minimum Gasteiger partial charge on any atom is -0.469 e. The Labute approximate surface area is 94.4 Å². The zero-order chi connectivity index (χ0) is 11.7. The average Bonchev–Trinajstić information content (AvgIpc) is 2.59. The molecule has 0 aromatic carbocycles. The van der Waals surface area contributed by atoms with Crippen molar-refractivity contribution >= 4 is 5.97 Å². The molecule has 16 heavy (non-hydrogen) atoms. The summed E-state index contributed by atoms with van der Waals surface area (Å²) >= 11 is 0. The zero-order valence-electron chi connectivity index (χ0n) is 9.40. The van der Waals surface area contributed by atoms with Crippen LogP contribution >= 0.6 is 0 Å². The molecule has 0 bridgehead atoms. The summed E-state index contributed by atoms with van der Waals surface area (Å²) in [6.45, 7) is 3.93. The minimum absolute atomic E-state index is 0.198. The van der Waals surface area contributed by atoms with Crippen LogP contribution in [0.3, 0.4) is 0 Å². The van der Waals surface area contributed by atoms with Crippen LogP contribution in [0.1, 0.15) is 13.8 Å². The number of hydrogen-bond acceptors (Lipinski definition) is 4. The number of hydrogen-bond donors (Lipinski definition) is 1. The first-order chi connectivity index (χ1) is 7.61. The van der Waals surface area contributed by atoms with Crippen molar-refractivity contribution in [2.45, 2.75) is 13.8 Å². The summed E-state index contributed by atoms with van der Waals surface area (Å²) in [4.78, 5) is 10.9. The van der Waals surface area contributed by atoms with E-state index in [9.17, 15) is 4.79 Å². The number of rotatable bonds is 2. The maximum Gasteiger partial charge on any atom is 0.308 e. The number of esters is 1. The highest BCUT2D eigenvalue weighted by molar-refractivity contribution is 5.68. The molecule has 0 radical (unpaired) electrons. The molecule has 0 spiro atoms. The molecule has 1 aliphatic carbocycles. The van der Waals surface area contributed by atoms with Crippen LogP contribution in [0.4, 0.5) is 0 Å². The SMILES string of the molecule is CC(=O)OC1=CC(C)C2C(CN)=COC2=C1. The third kappa shape index (κ3) is 1.88. The lowest BCUT2D eigenvalue weighted by molar-refractivity contribution is -0.136. The first-order valence-corrected chi connectivity index (χ1v) is 5.29. The number of carbonyl (C=O) groups excluding carboxylic acids is 1. The maximum atomic E-state index is 10.9. The molecule has 0 amide bonds. The van der Waals surface area contributed by atoms with E-state index in [2.05, 4.69) is 6.92 Å². The number of fused-ring (bicyclic) bond motifs is 1. The van der Waals surface area contributed by atoms with E-state index in [0.717, 1.165) is 11.3 Å². The van der Waals surface area contributed by atoms with Gasteiger partial charge in [-0.1, -0.05) is 6.92 Å². The molecule has 1 aliphatic heterocycles. The molecule has 1 heterocycles. The largest absolute Gasteiger partial charge is 0.469 e. The average molecular weight is 221 g/mol. The van der Waals surface area contributed by atoms with Crippen molar-refractivity contribution in [2.24, 2.45) is 17.6 Å². The minimum atomic E-state index is -0.321. The van der Waals surface area contributed by atoms with Gasteiger partial charge in [-0.25, -0.2) is 0 Å². The summed E-state index contributed by atoms with van der Waals surface area (Å²) in [5.41, 5.74) is 6.72. The quantitative estimate of drug-likeness (QED) is 0.717. The smallest absolute Gasteiger partial charge is 0.308 e. The standard InChI is InChI=1S/C12H15NO3/c1-7-3-10(16-8(2)14)4-11-12(7)9(5-13)6-15-11/h3-4,6-7,12H,5,13H2,1-2H3. The fourth-order valence-corrected chi connectivity index (χ4v) is 2.14. The van der Waals surface area contributed by atoms with Crippen LogP contribution in [0.15, 0.2) is 35.5 Å². The Morgan fingerprint density at radius 3 is 3.00 bits per heavy atom. The van der Waals surface area contributed by atoms with Gasteiger partial charge in [-0.2, -0.15) is 0 Å². The van der Waals surface area contributed by atoms with Gasteiger partial charge >= 0.3 is 5.97 Å². The molecular formula is C12H15NO3. The topological polar surface area (TPSA) is 61.5 Å². The maximum absolute atomic E-state index is 10.9. The summed E-state index contributed by atoms with van der Waals surface area (Å²) in [6.07, 6.45) is 5.37. The van der Waals surface area contributed by atoms with E-state index < -0.39 is 0 Å². The van der Waals surface area contributed by atoms with Gasteiger partial charge in [0.05, 0.1) is 6.26 Å². The normalized spacial score (nSPS) is 27.3. The molecule has 2 N–H and O–H groups in total. The van der Waals surface area contributed by atoms with Crippen molar-refractivity contribution in [1.82, 2.24) is 0 Å². The molecule has 4 nitrogen and oxygen atoms in total. The third-order valence-corrected chi connectivity index (χ3v) is 2.79. The fourth-order valence-electron chi connectivity index (χ4n) is 2.14. The molecule has 86 valence electrons. The molecule has 2 atom stereocenters. The fraction of sp³-hybridized carbons (Fsp3) is 0.417. The van der Waals surface area contributed by atoms with E-state index >= 15 is 0 Å². The molecule has 0 aromatic rings. The number of carbonyl (C=O) groups is 1. The lowest BCUT2D eigenvalue weighted by atomic mass is 9.83. The van der Waals surface area contributed by atoms with Gasteiger partial charge < -0.3 is 15.2 Å². The summed E-state index contributed by atoms with van der Waals surface area (Å²) in [5, 5.41) is 0. The van der Waals surface area contributed by atoms with Crippen molar-refractivity contribution in [2.75, 3.05) is 6.54 Å². The number of ether oxygens (including phenoxy) is 2. The van der Waals surface area contributed by atoms with E-state index in [1.165, 1.54) is 6.92 Å². The van der Waals surface area contributed by atoms with E-state index in [0.29, 0.717) is 12.3 Å². The van der Waals surface area contributed by atoms with Gasteiger partial charge in [-0.15, -0.1) is 0 Å². The second kappa shape index (κ2) is 4.14. The summed E-state index contributed by atoms with van der Waals surface area (Å²) in [6, 6.07) is 0. The van der Waals surface area contributed by atoms with Crippen LogP contribution in [-0.2, 0) is 14.3 Å². The molecule has 0 fully saturated rings. The first kappa shape index (κ1) is 11.0. The Kier molecular flexibility index (Phi) is 2.83. The van der Waals surface area contributed by atoms with Crippen molar-refractivity contribution in [1.29, 1.82) is 0 Å². The molecule has 2 aliphatic rings. The highest BCUT2D eigenvalue weighted by Gasteiger charge is 2.33. The van der Waals surface area contributed by atoms with Crippen molar-refractivity contribution in [3.05, 3.63) is 35.5 Å². The molecule has 2 unspecified atom stereocenters. The highest BCUT2D eigenvalue weighted by atomic mass is 16.5. The second-order valence-electron chi connectivity index (χ2n) is 4.06. The van der Waals surface area contributed by atoms with Crippen molar-refractivity contribution in [3.63, 3.8) is 0 Å². The monoisotopic (exact) mass is 221 g/mol. The van der Waals surface area contributed by atoms with E-state index in [1.807, 2.05) is 6.08 Å². The van der Waals surface area contributed by atoms with Crippen LogP contribution in [0.2, 0.25) is 0 Å². The van der Waals surface area contributed by atoms with Gasteiger partial charge in [0.15, 0.2) is 0 Å². The molecule has 2 rings (SSSR count). The zero-order valence-corrected chi connectivity index (χ0v) is 9.40. The van der Waals surface area contributed by atoms with Gasteiger partial charge in [0.2, 0.25) is 0 Å². The number of nitrogens with two attached hydrogens (primary N) is 1. The Bertz CT molecular complexity index is 406. The summed E-state index contributed by atoms with van der Waals surface area (Å²) in [5.74, 6) is 1.47. The van der Waals surface area contributed by atoms with E-state index in [-0.39, 0.29) is 17.8 Å². The molecule has 4 heteroatoms. The Morgan fingerprint density at radius 1 is 1.62 bits per heavy atom. The molecular weight excluding hydrogens is 206 g/mol. The van der Waals surface area contributed by atoms with Gasteiger partial charge in [0, 0.05) is 25.5 Å². The lowest BCUT2D eigenvalue weighted by Crippen LogP contribution is -2.20. The van der Waals surface area contributed by atoms with E-state index in [4.69, 9.17) is 15.2 Å². The van der Waals surface area contributed by atoms with Crippen LogP contribution < -0.4 is 5.73 Å². The van der Waals surface area contributed by atoms with Gasteiger partial charge in [-0.3, -0.25) is 4.79 Å². The van der Waals surface area contributed by atoms with Crippen LogP contribution in [0.5, 0.6) is 0 Å². The molecule has 0 saturated heterocycles. The van der Waals surface area contributed by atoms with Gasteiger partial charge in [0.1, 0.15) is 11.5 Å². The van der Waals surface area contributed by atoms with Crippen LogP contribution in [0.25, 0.3) is 0 Å². The molecule has 0 aromatic heterocycles. The summed E-state index contributed by atoms with van der Waals surface area (Å²) in [7, 11) is 0. The Balaban J connectivity index is 2.20. The van der Waals surface area contributed by atoms with E-state index in [1.54, 1.807) is 12.3 Å². The molecule has 0 saturated carbocycles. The van der Waals surface area contributed by atoms with Crippen LogP contribution in [-0.4, -0.2) is 12.5 Å². The first-order valence-electron chi connectivity index (χ1n) is 5.29. The Morgan fingerprint density at radius 2 is 2.38 bits per heavy atom. The third-order valence-electron chi connectivity index (χ3n) is 2.79. The van der Waals surface area contributed by atoms with Gasteiger partial charge in [0.25, 0.3) is 0 Å². The number of allylic oxidation sites excluding steroid dienone is 3. The predicted molar refractivity (Wildman–Crippen MR) is 58.8 cm³/mol. The predicted octanol–water partition coefficient (Wildman–Crippen LogP) is 1.46. The van der Waals surface area contributed by atoms with Crippen molar-refractivity contribution in [3.8, 4) is 0 Å². The highest BCUT2D eigenvalue weighted by Crippen LogP contribution is 2.39. The van der Waals surface area contributed by atoms with Gasteiger partial charge in [-0.05, 0) is 17.6 Å². The Hall–Kier alpha value is -1.55. The summed E-state index contributed by atoms with van der Waals surface area (Å²) < 4.78 is 10.5. The van der Waals surface area contributed by atoms with Crippen LogP contribution in [0, 0.1) is 11.8 Å². The van der Waals surface area contributed by atoms with Crippen molar-refractivity contribution < 1.29 is 14.3 Å². The second-order valence-corrected chi connectivity index (χ2v) is 4.06.